The highest BCUT2D eigenvalue weighted by atomic mass is 19.2. The first-order valence-electron chi connectivity index (χ1n) is 11.8. The summed E-state index contributed by atoms with van der Waals surface area (Å²) < 4.78 is 29.5. The smallest absolute Gasteiger partial charge is 0.272 e. The molecule has 1 fully saturated rings. The molecule has 2 aliphatic heterocycles. The molecular weight excluding hydrogens is 440 g/mol. The fraction of sp³-hybridized carbons (Fsp3) is 0.560. The standard InChI is InChI=1S/C25H33F2N5O2/c1-15-9-12-32-19(14-30(15)5)20(28-22(32)16-7-8-17(26)18(27)13-16)23(33)29-21(25(2,3)4)24(34)31-10-6-11-31/h7-8,13,15,21H,6,9-12,14H2,1-5H3,(H,29,33)/t15?,21-/m1/s1. The Balaban J connectivity index is 1.74. The largest absolute Gasteiger partial charge is 0.341 e. The van der Waals surface area contributed by atoms with Gasteiger partial charge in [0.05, 0.1) is 5.69 Å². The molecule has 0 bridgehead atoms. The molecule has 0 radical (unpaired) electrons. The van der Waals surface area contributed by atoms with Crippen molar-refractivity contribution in [2.45, 2.75) is 65.7 Å². The van der Waals surface area contributed by atoms with Crippen molar-refractivity contribution in [2.75, 3.05) is 20.1 Å². The number of benzene rings is 1. The van der Waals surface area contributed by atoms with Crippen LogP contribution in [0, 0.1) is 17.0 Å². The third-order valence-corrected chi connectivity index (χ3v) is 6.94. The first-order valence-corrected chi connectivity index (χ1v) is 11.8. The van der Waals surface area contributed by atoms with Crippen LogP contribution in [0.15, 0.2) is 18.2 Å². The van der Waals surface area contributed by atoms with Crippen molar-refractivity contribution in [1.82, 2.24) is 24.7 Å². The fourth-order valence-electron chi connectivity index (χ4n) is 4.42. The van der Waals surface area contributed by atoms with Crippen LogP contribution in [0.3, 0.4) is 0 Å². The van der Waals surface area contributed by atoms with Gasteiger partial charge in [-0.25, -0.2) is 13.8 Å². The number of fused-ring (bicyclic) bond motifs is 1. The van der Waals surface area contributed by atoms with Gasteiger partial charge >= 0.3 is 0 Å². The number of carbonyl (C=O) groups excluding carboxylic acids is 2. The number of hydrogen-bond acceptors (Lipinski definition) is 4. The van der Waals surface area contributed by atoms with E-state index in [1.165, 1.54) is 6.07 Å². The molecule has 2 amide bonds. The van der Waals surface area contributed by atoms with Crippen LogP contribution in [0.25, 0.3) is 11.4 Å². The third-order valence-electron chi connectivity index (χ3n) is 6.94. The van der Waals surface area contributed by atoms with E-state index in [1.54, 1.807) is 4.90 Å². The van der Waals surface area contributed by atoms with Crippen molar-refractivity contribution < 1.29 is 18.4 Å². The molecule has 2 aliphatic rings. The van der Waals surface area contributed by atoms with Gasteiger partial charge in [0.2, 0.25) is 5.91 Å². The van der Waals surface area contributed by atoms with Crippen molar-refractivity contribution in [3.05, 3.63) is 41.2 Å². The zero-order valence-electron chi connectivity index (χ0n) is 20.5. The number of halogens is 2. The monoisotopic (exact) mass is 473 g/mol. The number of carbonyl (C=O) groups is 2. The quantitative estimate of drug-likeness (QED) is 0.739. The molecule has 1 aromatic heterocycles. The van der Waals surface area contributed by atoms with Gasteiger partial charge in [0.15, 0.2) is 17.3 Å². The number of imidazole rings is 1. The highest BCUT2D eigenvalue weighted by Crippen LogP contribution is 2.29. The van der Waals surface area contributed by atoms with Gasteiger partial charge in [-0.3, -0.25) is 14.5 Å². The Kier molecular flexibility index (Phi) is 6.50. The van der Waals surface area contributed by atoms with E-state index < -0.39 is 29.0 Å². The average Bonchev–Trinajstić information content (AvgIpc) is 3.00. The van der Waals surface area contributed by atoms with E-state index in [1.807, 2.05) is 32.4 Å². The second-order valence-electron chi connectivity index (χ2n) is 10.5. The Morgan fingerprint density at radius 1 is 1.15 bits per heavy atom. The molecule has 34 heavy (non-hydrogen) atoms. The molecule has 0 saturated carbocycles. The predicted octanol–water partition coefficient (Wildman–Crippen LogP) is 3.43. The van der Waals surface area contributed by atoms with E-state index in [9.17, 15) is 18.4 Å². The number of likely N-dealkylation sites (tertiary alicyclic amines) is 1. The van der Waals surface area contributed by atoms with Crippen molar-refractivity contribution in [1.29, 1.82) is 0 Å². The van der Waals surface area contributed by atoms with E-state index in [-0.39, 0.29) is 17.6 Å². The molecule has 3 heterocycles. The van der Waals surface area contributed by atoms with Crippen LogP contribution < -0.4 is 5.32 Å². The zero-order valence-corrected chi connectivity index (χ0v) is 20.5. The molecule has 9 heteroatoms. The summed E-state index contributed by atoms with van der Waals surface area (Å²) in [6.07, 6.45) is 1.78. The molecule has 4 rings (SSSR count). The van der Waals surface area contributed by atoms with Crippen LogP contribution in [-0.4, -0.2) is 63.4 Å². The van der Waals surface area contributed by atoms with Gasteiger partial charge < -0.3 is 14.8 Å². The van der Waals surface area contributed by atoms with Gasteiger partial charge in [0.25, 0.3) is 5.91 Å². The minimum Gasteiger partial charge on any atom is -0.341 e. The average molecular weight is 474 g/mol. The summed E-state index contributed by atoms with van der Waals surface area (Å²) in [5.41, 5.74) is 0.827. The number of amides is 2. The van der Waals surface area contributed by atoms with Crippen LogP contribution in [0.1, 0.15) is 56.7 Å². The molecule has 0 spiro atoms. The zero-order chi connectivity index (χ0) is 24.8. The molecule has 184 valence electrons. The minimum atomic E-state index is -0.965. The van der Waals surface area contributed by atoms with Crippen molar-refractivity contribution in [3.8, 4) is 11.4 Å². The maximum atomic E-state index is 14.0. The van der Waals surface area contributed by atoms with Gasteiger partial charge in [0, 0.05) is 37.8 Å². The van der Waals surface area contributed by atoms with Gasteiger partial charge in [-0.1, -0.05) is 20.8 Å². The second-order valence-corrected chi connectivity index (χ2v) is 10.5. The van der Waals surface area contributed by atoms with Crippen molar-refractivity contribution >= 4 is 11.8 Å². The first-order chi connectivity index (χ1) is 16.0. The molecule has 1 saturated heterocycles. The van der Waals surface area contributed by atoms with Gasteiger partial charge in [-0.15, -0.1) is 0 Å². The number of aromatic nitrogens is 2. The number of nitrogens with zero attached hydrogens (tertiary/aromatic N) is 4. The number of hydrogen-bond donors (Lipinski definition) is 1. The topological polar surface area (TPSA) is 70.5 Å². The van der Waals surface area contributed by atoms with Crippen LogP contribution >= 0.6 is 0 Å². The lowest BCUT2D eigenvalue weighted by atomic mass is 9.85. The Hall–Kier alpha value is -2.81. The maximum Gasteiger partial charge on any atom is 0.272 e. The van der Waals surface area contributed by atoms with Crippen molar-refractivity contribution in [2.24, 2.45) is 5.41 Å². The van der Waals surface area contributed by atoms with E-state index in [4.69, 9.17) is 0 Å². The second kappa shape index (κ2) is 9.09. The van der Waals surface area contributed by atoms with E-state index in [0.29, 0.717) is 43.3 Å². The Morgan fingerprint density at radius 2 is 1.85 bits per heavy atom. The summed E-state index contributed by atoms with van der Waals surface area (Å²) in [7, 11) is 1.98. The Morgan fingerprint density at radius 3 is 2.44 bits per heavy atom. The Bertz CT molecular complexity index is 1100. The fourth-order valence-corrected chi connectivity index (χ4v) is 4.42. The lowest BCUT2D eigenvalue weighted by Crippen LogP contribution is -2.57. The van der Waals surface area contributed by atoms with E-state index >= 15 is 0 Å². The van der Waals surface area contributed by atoms with Gasteiger partial charge in [-0.2, -0.15) is 0 Å². The third kappa shape index (κ3) is 4.58. The van der Waals surface area contributed by atoms with Crippen LogP contribution in [0.5, 0.6) is 0 Å². The Labute approximate surface area is 199 Å². The molecule has 2 aromatic rings. The van der Waals surface area contributed by atoms with Crippen molar-refractivity contribution in [3.63, 3.8) is 0 Å². The summed E-state index contributed by atoms with van der Waals surface area (Å²) in [4.78, 5) is 35.1. The first kappa shape index (κ1) is 24.3. The highest BCUT2D eigenvalue weighted by molar-refractivity contribution is 5.98. The summed E-state index contributed by atoms with van der Waals surface area (Å²) in [5, 5.41) is 2.95. The number of rotatable bonds is 4. The lowest BCUT2D eigenvalue weighted by Gasteiger charge is -2.38. The SMILES string of the molecule is CC1CCn2c(-c3ccc(F)c(F)c3)nc(C(=O)N[C@H](C(=O)N3CCC3)C(C)(C)C)c2CN1C. The highest BCUT2D eigenvalue weighted by Gasteiger charge is 2.39. The summed E-state index contributed by atoms with van der Waals surface area (Å²) in [5.74, 6) is -2.01. The van der Waals surface area contributed by atoms with E-state index in [2.05, 4.69) is 22.1 Å². The van der Waals surface area contributed by atoms with E-state index in [0.717, 1.165) is 25.0 Å². The molecule has 2 atom stereocenters. The summed E-state index contributed by atoms with van der Waals surface area (Å²) in [6, 6.07) is 3.21. The minimum absolute atomic E-state index is 0.0935. The van der Waals surface area contributed by atoms with Crippen LogP contribution in [0.2, 0.25) is 0 Å². The normalized spacial score (nSPS) is 19.7. The molecule has 0 aliphatic carbocycles. The molecule has 1 aromatic carbocycles. The molecule has 1 unspecified atom stereocenters. The summed E-state index contributed by atoms with van der Waals surface area (Å²) in [6.45, 7) is 10.3. The molecular formula is C25H33F2N5O2. The van der Waals surface area contributed by atoms with Crippen LogP contribution in [0.4, 0.5) is 8.78 Å². The van der Waals surface area contributed by atoms with Gasteiger partial charge in [0.1, 0.15) is 11.9 Å². The lowest BCUT2D eigenvalue weighted by molar-refractivity contribution is -0.139. The van der Waals surface area contributed by atoms with Crippen LogP contribution in [-0.2, 0) is 17.9 Å². The summed E-state index contributed by atoms with van der Waals surface area (Å²) >= 11 is 0. The number of nitrogens with one attached hydrogen (secondary N) is 1. The predicted molar refractivity (Wildman–Crippen MR) is 125 cm³/mol. The maximum absolute atomic E-state index is 14.0. The molecule has 7 nitrogen and oxygen atoms in total. The van der Waals surface area contributed by atoms with Gasteiger partial charge in [-0.05, 0) is 50.4 Å². The molecule has 1 N–H and O–H groups in total.